The molecule has 6 nitrogen and oxygen atoms in total. The number of amides is 1. The highest BCUT2D eigenvalue weighted by molar-refractivity contribution is 6.16. The number of halogens is 1. The van der Waals surface area contributed by atoms with E-state index in [9.17, 15) is 4.79 Å². The SMILES string of the molecule is CC(C)(C)OC(=O)N1CCC[C@@H]1Cn1cc(CCl)nn1. The lowest BCUT2D eigenvalue weighted by Gasteiger charge is -2.28. The van der Waals surface area contributed by atoms with Crippen LogP contribution in [0.5, 0.6) is 0 Å². The molecule has 0 bridgehead atoms. The molecular weight excluding hydrogens is 280 g/mol. The fourth-order valence-corrected chi connectivity index (χ4v) is 2.41. The molecule has 0 unspecified atom stereocenters. The lowest BCUT2D eigenvalue weighted by molar-refractivity contribution is 0.0211. The van der Waals surface area contributed by atoms with Crippen LogP contribution in [0, 0.1) is 0 Å². The predicted molar refractivity (Wildman–Crippen MR) is 75.5 cm³/mol. The van der Waals surface area contributed by atoms with Crippen LogP contribution in [0.25, 0.3) is 0 Å². The topological polar surface area (TPSA) is 60.2 Å². The minimum atomic E-state index is -0.469. The van der Waals surface area contributed by atoms with Crippen LogP contribution < -0.4 is 0 Å². The number of ether oxygens (including phenoxy) is 1. The summed E-state index contributed by atoms with van der Waals surface area (Å²) in [5.41, 5.74) is 0.275. The van der Waals surface area contributed by atoms with Gasteiger partial charge < -0.3 is 9.64 Å². The standard InChI is InChI=1S/C13H21ClN4O2/c1-13(2,3)20-12(19)18-6-4-5-11(18)9-17-8-10(7-14)15-16-17/h8,11H,4-7,9H2,1-3H3/t11-/m1/s1. The van der Waals surface area contributed by atoms with E-state index in [1.54, 1.807) is 9.58 Å². The van der Waals surface area contributed by atoms with Crippen molar-refractivity contribution >= 4 is 17.7 Å². The van der Waals surface area contributed by atoms with Crippen LogP contribution in [0.15, 0.2) is 6.20 Å². The van der Waals surface area contributed by atoms with Crippen molar-refractivity contribution in [2.24, 2.45) is 0 Å². The zero-order valence-corrected chi connectivity index (χ0v) is 12.9. The zero-order chi connectivity index (χ0) is 14.8. The molecule has 1 saturated heterocycles. The molecule has 0 spiro atoms. The van der Waals surface area contributed by atoms with Crippen LogP contribution in [-0.4, -0.2) is 44.2 Å². The van der Waals surface area contributed by atoms with Crippen molar-refractivity contribution < 1.29 is 9.53 Å². The Hall–Kier alpha value is -1.30. The molecule has 112 valence electrons. The monoisotopic (exact) mass is 300 g/mol. The van der Waals surface area contributed by atoms with Crippen molar-refractivity contribution in [2.45, 2.75) is 57.7 Å². The molecule has 1 amide bonds. The van der Waals surface area contributed by atoms with Gasteiger partial charge in [-0.05, 0) is 33.6 Å². The first-order chi connectivity index (χ1) is 9.39. The van der Waals surface area contributed by atoms with Crippen LogP contribution in [0.1, 0.15) is 39.3 Å². The van der Waals surface area contributed by atoms with Crippen molar-refractivity contribution in [2.75, 3.05) is 6.54 Å². The first kappa shape index (κ1) is 15.1. The molecule has 0 radical (unpaired) electrons. The Labute approximate surface area is 124 Å². The molecule has 0 aliphatic carbocycles. The fourth-order valence-electron chi connectivity index (χ4n) is 2.29. The highest BCUT2D eigenvalue weighted by Gasteiger charge is 2.32. The Morgan fingerprint density at radius 2 is 2.30 bits per heavy atom. The summed E-state index contributed by atoms with van der Waals surface area (Å²) in [6, 6.07) is 0.106. The van der Waals surface area contributed by atoms with Crippen LogP contribution in [0.4, 0.5) is 4.79 Å². The number of likely N-dealkylation sites (tertiary alicyclic amines) is 1. The lowest BCUT2D eigenvalue weighted by atomic mass is 10.2. The van der Waals surface area contributed by atoms with Crippen LogP contribution >= 0.6 is 11.6 Å². The van der Waals surface area contributed by atoms with Gasteiger partial charge in [-0.2, -0.15) is 0 Å². The Balaban J connectivity index is 1.98. The molecule has 1 aromatic rings. The maximum Gasteiger partial charge on any atom is 0.410 e. The van der Waals surface area contributed by atoms with Gasteiger partial charge in [-0.15, -0.1) is 16.7 Å². The molecule has 1 aliphatic rings. The van der Waals surface area contributed by atoms with Gasteiger partial charge >= 0.3 is 6.09 Å². The van der Waals surface area contributed by atoms with E-state index in [4.69, 9.17) is 16.3 Å². The number of aromatic nitrogens is 3. The van der Waals surface area contributed by atoms with Crippen LogP contribution in [0.2, 0.25) is 0 Å². The van der Waals surface area contributed by atoms with Gasteiger partial charge in [-0.3, -0.25) is 4.68 Å². The lowest BCUT2D eigenvalue weighted by Crippen LogP contribution is -2.41. The third-order valence-corrected chi connectivity index (χ3v) is 3.40. The van der Waals surface area contributed by atoms with Crippen molar-refractivity contribution in [1.82, 2.24) is 19.9 Å². The van der Waals surface area contributed by atoms with Gasteiger partial charge in [0, 0.05) is 12.7 Å². The number of rotatable bonds is 3. The average molecular weight is 301 g/mol. The summed E-state index contributed by atoms with van der Waals surface area (Å²) in [7, 11) is 0. The molecule has 1 atom stereocenters. The van der Waals surface area contributed by atoms with Gasteiger partial charge in [-0.1, -0.05) is 5.21 Å². The van der Waals surface area contributed by atoms with E-state index in [-0.39, 0.29) is 12.1 Å². The molecule has 1 aromatic heterocycles. The van der Waals surface area contributed by atoms with Crippen molar-refractivity contribution in [1.29, 1.82) is 0 Å². The largest absolute Gasteiger partial charge is 0.444 e. The maximum atomic E-state index is 12.2. The number of hydrogen-bond acceptors (Lipinski definition) is 4. The van der Waals surface area contributed by atoms with E-state index in [0.717, 1.165) is 25.1 Å². The smallest absolute Gasteiger partial charge is 0.410 e. The molecule has 1 aliphatic heterocycles. The summed E-state index contributed by atoms with van der Waals surface area (Å²) in [5.74, 6) is 0.348. The molecule has 2 rings (SSSR count). The summed E-state index contributed by atoms with van der Waals surface area (Å²) in [6.45, 7) is 6.99. The Bertz CT molecular complexity index is 469. The zero-order valence-electron chi connectivity index (χ0n) is 12.2. The fraction of sp³-hybridized carbons (Fsp3) is 0.769. The summed E-state index contributed by atoms with van der Waals surface area (Å²) in [5, 5.41) is 7.97. The van der Waals surface area contributed by atoms with E-state index >= 15 is 0 Å². The summed E-state index contributed by atoms with van der Waals surface area (Å²) in [6.07, 6.45) is 3.51. The van der Waals surface area contributed by atoms with Crippen LogP contribution in [-0.2, 0) is 17.2 Å². The van der Waals surface area contributed by atoms with Crippen molar-refractivity contribution in [3.05, 3.63) is 11.9 Å². The number of carbonyl (C=O) groups is 1. The Morgan fingerprint density at radius 3 is 2.90 bits per heavy atom. The maximum absolute atomic E-state index is 12.2. The molecule has 0 N–H and O–H groups in total. The number of alkyl halides is 1. The molecule has 7 heteroatoms. The normalized spacial score (nSPS) is 19.4. The average Bonchev–Trinajstić information content (AvgIpc) is 2.96. The Kier molecular flexibility index (Phi) is 4.52. The third-order valence-electron chi connectivity index (χ3n) is 3.13. The summed E-state index contributed by atoms with van der Waals surface area (Å²) < 4.78 is 7.18. The quantitative estimate of drug-likeness (QED) is 0.804. The number of nitrogens with zero attached hydrogens (tertiary/aromatic N) is 4. The van der Waals surface area contributed by atoms with E-state index in [1.165, 1.54) is 0 Å². The number of carbonyl (C=O) groups excluding carboxylic acids is 1. The van der Waals surface area contributed by atoms with E-state index in [0.29, 0.717) is 12.4 Å². The van der Waals surface area contributed by atoms with Crippen molar-refractivity contribution in [3.8, 4) is 0 Å². The van der Waals surface area contributed by atoms with E-state index in [2.05, 4.69) is 10.3 Å². The number of hydrogen-bond donors (Lipinski definition) is 0. The van der Waals surface area contributed by atoms with Gasteiger partial charge in [0.25, 0.3) is 0 Å². The van der Waals surface area contributed by atoms with Gasteiger partial charge in [0.1, 0.15) is 5.60 Å². The molecule has 0 aromatic carbocycles. The third kappa shape index (κ3) is 3.85. The second-order valence-electron chi connectivity index (χ2n) is 6.04. The second kappa shape index (κ2) is 5.99. The highest BCUT2D eigenvalue weighted by Crippen LogP contribution is 2.22. The first-order valence-corrected chi connectivity index (χ1v) is 7.37. The van der Waals surface area contributed by atoms with Gasteiger partial charge in [-0.25, -0.2) is 4.79 Å². The van der Waals surface area contributed by atoms with Gasteiger partial charge in [0.2, 0.25) is 0 Å². The van der Waals surface area contributed by atoms with Crippen molar-refractivity contribution in [3.63, 3.8) is 0 Å². The predicted octanol–water partition coefficient (Wildman–Crippen LogP) is 2.42. The molecule has 2 heterocycles. The van der Waals surface area contributed by atoms with E-state index in [1.807, 2.05) is 27.0 Å². The summed E-state index contributed by atoms with van der Waals surface area (Å²) in [4.78, 5) is 13.9. The minimum absolute atomic E-state index is 0.106. The van der Waals surface area contributed by atoms with Crippen LogP contribution in [0.3, 0.4) is 0 Å². The molecule has 20 heavy (non-hydrogen) atoms. The van der Waals surface area contributed by atoms with Gasteiger partial charge in [0.05, 0.1) is 24.2 Å². The molecule has 1 fully saturated rings. The molecule has 0 saturated carbocycles. The summed E-state index contributed by atoms with van der Waals surface area (Å²) >= 11 is 5.71. The second-order valence-corrected chi connectivity index (χ2v) is 6.30. The highest BCUT2D eigenvalue weighted by atomic mass is 35.5. The first-order valence-electron chi connectivity index (χ1n) is 6.83. The minimum Gasteiger partial charge on any atom is -0.444 e. The molecular formula is C13H21ClN4O2. The Morgan fingerprint density at radius 1 is 1.55 bits per heavy atom. The van der Waals surface area contributed by atoms with E-state index < -0.39 is 5.60 Å². The van der Waals surface area contributed by atoms with Gasteiger partial charge in [0.15, 0.2) is 0 Å².